The normalized spacial score (nSPS) is 13.9. The fraction of sp³-hybridized carbons (Fsp3) is 0.533. The van der Waals surface area contributed by atoms with E-state index in [4.69, 9.17) is 4.74 Å². The highest BCUT2D eigenvalue weighted by Crippen LogP contribution is 2.30. The minimum atomic E-state index is -1.67. The van der Waals surface area contributed by atoms with Gasteiger partial charge in [-0.3, -0.25) is 10.1 Å². The highest BCUT2D eigenvalue weighted by Gasteiger charge is 2.29. The van der Waals surface area contributed by atoms with Crippen molar-refractivity contribution in [2.24, 2.45) is 0 Å². The van der Waals surface area contributed by atoms with Gasteiger partial charge in [-0.15, -0.1) is 0 Å². The number of aliphatic hydroxyl groups excluding tert-OH is 2. The van der Waals surface area contributed by atoms with E-state index < -0.39 is 40.3 Å². The van der Waals surface area contributed by atoms with E-state index in [-0.39, 0.29) is 18.5 Å². The molecule has 0 radical (unpaired) electrons. The molecule has 8 nitrogen and oxygen atoms in total. The lowest BCUT2D eigenvalue weighted by molar-refractivity contribution is -0.389. The van der Waals surface area contributed by atoms with Gasteiger partial charge in [-0.05, 0) is 39.3 Å². The Balaban J connectivity index is 2.66. The van der Waals surface area contributed by atoms with Gasteiger partial charge in [0.15, 0.2) is 0 Å². The summed E-state index contributed by atoms with van der Waals surface area (Å²) in [5, 5.41) is 33.2. The maximum absolute atomic E-state index is 13.5. The summed E-state index contributed by atoms with van der Waals surface area (Å²) in [6.07, 6.45) is -3.89. The van der Waals surface area contributed by atoms with Crippen LogP contribution in [0.4, 0.5) is 14.9 Å². The molecule has 0 heterocycles. The third kappa shape index (κ3) is 5.74. The second-order valence-corrected chi connectivity index (χ2v) is 6.16. The van der Waals surface area contributed by atoms with Gasteiger partial charge in [0.25, 0.3) is 0 Å². The molecule has 0 fully saturated rings. The second kappa shape index (κ2) is 8.02. The van der Waals surface area contributed by atoms with Crippen LogP contribution < -0.4 is 5.32 Å². The van der Waals surface area contributed by atoms with Gasteiger partial charge >= 0.3 is 11.8 Å². The summed E-state index contributed by atoms with van der Waals surface area (Å²) in [6.45, 7) is 5.03. The van der Waals surface area contributed by atoms with Crippen LogP contribution in [0.1, 0.15) is 38.9 Å². The number of nitro benzene ring substituents is 1. The standard InChI is InChI=1S/C15H21FN2O6/c1-15(2,3)24-14(21)17-8-7-11(19)13(20)9-5-4-6-10(16)12(9)18(22)23/h4-6,11,13,19-20H,7-8H2,1-3H3,(H,17,21). The number of nitrogens with one attached hydrogen (secondary N) is 1. The van der Waals surface area contributed by atoms with E-state index >= 15 is 0 Å². The largest absolute Gasteiger partial charge is 0.444 e. The van der Waals surface area contributed by atoms with Crippen LogP contribution in [0.2, 0.25) is 0 Å². The zero-order valence-electron chi connectivity index (χ0n) is 13.7. The number of hydrogen-bond acceptors (Lipinski definition) is 6. The van der Waals surface area contributed by atoms with Gasteiger partial charge in [0.05, 0.1) is 16.6 Å². The number of nitro groups is 1. The lowest BCUT2D eigenvalue weighted by Gasteiger charge is -2.21. The molecule has 0 aliphatic heterocycles. The molecule has 1 rings (SSSR count). The number of hydrogen-bond donors (Lipinski definition) is 3. The first-order chi connectivity index (χ1) is 11.0. The Kier molecular flexibility index (Phi) is 6.61. The number of aliphatic hydroxyl groups is 2. The van der Waals surface area contributed by atoms with E-state index in [1.54, 1.807) is 20.8 Å². The van der Waals surface area contributed by atoms with Crippen molar-refractivity contribution >= 4 is 11.8 Å². The molecule has 0 aromatic heterocycles. The Morgan fingerprint density at radius 3 is 2.58 bits per heavy atom. The Hall–Kier alpha value is -2.26. The first-order valence-electron chi connectivity index (χ1n) is 7.28. The third-order valence-corrected chi connectivity index (χ3v) is 2.99. The van der Waals surface area contributed by atoms with Gasteiger partial charge in [-0.1, -0.05) is 6.07 Å². The highest BCUT2D eigenvalue weighted by atomic mass is 19.1. The summed E-state index contributed by atoms with van der Waals surface area (Å²) < 4.78 is 18.5. The number of halogens is 1. The Labute approximate surface area is 138 Å². The Bertz CT molecular complexity index is 602. The number of para-hydroxylation sites is 1. The number of amides is 1. The summed E-state index contributed by atoms with van der Waals surface area (Å²) >= 11 is 0. The minimum Gasteiger partial charge on any atom is -0.444 e. The SMILES string of the molecule is CC(C)(C)OC(=O)NCCC(O)C(O)c1cccc(F)c1[N+](=O)[O-]. The molecule has 9 heteroatoms. The number of carbonyl (C=O) groups excluding carboxylic acids is 1. The van der Waals surface area contributed by atoms with Crippen LogP contribution in [0, 0.1) is 15.9 Å². The Morgan fingerprint density at radius 2 is 2.04 bits per heavy atom. The van der Waals surface area contributed by atoms with Gasteiger partial charge < -0.3 is 20.3 Å². The van der Waals surface area contributed by atoms with Crippen LogP contribution in [0.3, 0.4) is 0 Å². The molecule has 24 heavy (non-hydrogen) atoms. The van der Waals surface area contributed by atoms with E-state index in [0.717, 1.165) is 12.1 Å². The van der Waals surface area contributed by atoms with Gasteiger partial charge in [-0.25, -0.2) is 4.79 Å². The van der Waals surface area contributed by atoms with E-state index in [1.165, 1.54) is 6.07 Å². The van der Waals surface area contributed by atoms with Crippen molar-refractivity contribution < 1.29 is 29.1 Å². The van der Waals surface area contributed by atoms with Crippen molar-refractivity contribution in [1.29, 1.82) is 0 Å². The summed E-state index contributed by atoms with van der Waals surface area (Å²) in [4.78, 5) is 21.4. The predicted octanol–water partition coefficient (Wildman–Crippen LogP) is 2.04. The maximum atomic E-state index is 13.5. The quantitative estimate of drug-likeness (QED) is 0.536. The molecule has 3 N–H and O–H groups in total. The van der Waals surface area contributed by atoms with Gasteiger partial charge in [0.1, 0.15) is 11.7 Å². The summed E-state index contributed by atoms with van der Waals surface area (Å²) in [7, 11) is 0. The van der Waals surface area contributed by atoms with Gasteiger partial charge in [-0.2, -0.15) is 4.39 Å². The number of rotatable bonds is 6. The average Bonchev–Trinajstić information content (AvgIpc) is 2.43. The first-order valence-corrected chi connectivity index (χ1v) is 7.28. The van der Waals surface area contributed by atoms with Crippen LogP contribution >= 0.6 is 0 Å². The van der Waals surface area contributed by atoms with Crippen molar-refractivity contribution in [2.75, 3.05) is 6.54 Å². The highest BCUT2D eigenvalue weighted by molar-refractivity contribution is 5.67. The number of alkyl carbamates (subject to hydrolysis) is 1. The summed E-state index contributed by atoms with van der Waals surface area (Å²) in [5.74, 6) is -1.10. The van der Waals surface area contributed by atoms with Crippen LogP contribution in [0.25, 0.3) is 0 Å². The van der Waals surface area contributed by atoms with Crippen molar-refractivity contribution in [1.82, 2.24) is 5.32 Å². The van der Waals surface area contributed by atoms with E-state index in [9.17, 15) is 29.5 Å². The van der Waals surface area contributed by atoms with Crippen LogP contribution in [0.5, 0.6) is 0 Å². The molecule has 0 spiro atoms. The predicted molar refractivity (Wildman–Crippen MR) is 82.9 cm³/mol. The zero-order chi connectivity index (χ0) is 18.5. The molecule has 2 unspecified atom stereocenters. The molecule has 1 aromatic carbocycles. The smallest absolute Gasteiger partial charge is 0.407 e. The molecular formula is C15H21FN2O6. The maximum Gasteiger partial charge on any atom is 0.407 e. The average molecular weight is 344 g/mol. The number of nitrogens with zero attached hydrogens (tertiary/aromatic N) is 1. The van der Waals surface area contributed by atoms with E-state index in [2.05, 4.69) is 5.32 Å². The van der Waals surface area contributed by atoms with Gasteiger partial charge in [0.2, 0.25) is 5.82 Å². The molecule has 0 saturated heterocycles. The zero-order valence-corrected chi connectivity index (χ0v) is 13.7. The second-order valence-electron chi connectivity index (χ2n) is 6.16. The lowest BCUT2D eigenvalue weighted by atomic mass is 10.00. The summed E-state index contributed by atoms with van der Waals surface area (Å²) in [5.41, 5.74) is -1.89. The molecule has 0 saturated carbocycles. The molecule has 0 aliphatic carbocycles. The van der Waals surface area contributed by atoms with E-state index in [1.807, 2.05) is 0 Å². The molecule has 0 bridgehead atoms. The monoisotopic (exact) mass is 344 g/mol. The van der Waals surface area contributed by atoms with Crippen molar-refractivity contribution in [3.05, 3.63) is 39.7 Å². The van der Waals surface area contributed by atoms with Crippen LogP contribution in [-0.4, -0.2) is 39.5 Å². The first kappa shape index (κ1) is 19.8. The fourth-order valence-electron chi connectivity index (χ4n) is 1.96. The molecule has 0 aliphatic rings. The number of carbonyl (C=O) groups is 1. The minimum absolute atomic E-state index is 0.0315. The lowest BCUT2D eigenvalue weighted by Crippen LogP contribution is -2.34. The molecular weight excluding hydrogens is 323 g/mol. The molecule has 1 amide bonds. The van der Waals surface area contributed by atoms with Gasteiger partial charge in [0, 0.05) is 6.54 Å². The van der Waals surface area contributed by atoms with Crippen molar-refractivity contribution in [3.8, 4) is 0 Å². The third-order valence-electron chi connectivity index (χ3n) is 2.99. The summed E-state index contributed by atoms with van der Waals surface area (Å²) in [6, 6.07) is 3.26. The van der Waals surface area contributed by atoms with Crippen molar-refractivity contribution in [2.45, 2.75) is 45.0 Å². The Morgan fingerprint density at radius 1 is 1.42 bits per heavy atom. The van der Waals surface area contributed by atoms with E-state index in [0.29, 0.717) is 0 Å². The molecule has 2 atom stereocenters. The molecule has 1 aromatic rings. The topological polar surface area (TPSA) is 122 Å². The van der Waals surface area contributed by atoms with Crippen LogP contribution in [0.15, 0.2) is 18.2 Å². The number of ether oxygens (including phenoxy) is 1. The fourth-order valence-corrected chi connectivity index (χ4v) is 1.96. The molecule has 134 valence electrons. The van der Waals surface area contributed by atoms with Crippen molar-refractivity contribution in [3.63, 3.8) is 0 Å². The number of benzene rings is 1. The van der Waals surface area contributed by atoms with Crippen LogP contribution in [-0.2, 0) is 4.74 Å².